The SMILES string of the molecule is Cc1ccc(NC(=O)Cc2coc3ccc4ccccc4c23)cc1S(N)(=O)=O. The number of nitrogens with one attached hydrogen (secondary N) is 1. The molecule has 6 nitrogen and oxygen atoms in total. The highest BCUT2D eigenvalue weighted by atomic mass is 32.2. The maximum Gasteiger partial charge on any atom is 0.238 e. The lowest BCUT2D eigenvalue weighted by molar-refractivity contribution is -0.115. The van der Waals surface area contributed by atoms with Crippen molar-refractivity contribution in [2.24, 2.45) is 5.14 Å². The van der Waals surface area contributed by atoms with Gasteiger partial charge in [0.15, 0.2) is 0 Å². The molecule has 0 aliphatic carbocycles. The number of sulfonamides is 1. The van der Waals surface area contributed by atoms with Crippen LogP contribution < -0.4 is 10.5 Å². The number of nitrogens with two attached hydrogens (primary N) is 1. The Morgan fingerprint density at radius 1 is 1.11 bits per heavy atom. The third-order valence-electron chi connectivity index (χ3n) is 4.67. The van der Waals surface area contributed by atoms with Crippen LogP contribution in [0.4, 0.5) is 5.69 Å². The minimum Gasteiger partial charge on any atom is -0.464 e. The van der Waals surface area contributed by atoms with Gasteiger partial charge in [-0.2, -0.15) is 0 Å². The Balaban J connectivity index is 1.64. The van der Waals surface area contributed by atoms with Crippen LogP contribution in [0, 0.1) is 6.92 Å². The van der Waals surface area contributed by atoms with Crippen molar-refractivity contribution in [2.45, 2.75) is 18.2 Å². The largest absolute Gasteiger partial charge is 0.464 e. The van der Waals surface area contributed by atoms with Crippen molar-refractivity contribution in [1.82, 2.24) is 0 Å². The zero-order valence-electron chi connectivity index (χ0n) is 15.1. The fraction of sp³-hybridized carbons (Fsp3) is 0.0952. The van der Waals surface area contributed by atoms with Crippen molar-refractivity contribution in [3.63, 3.8) is 0 Å². The van der Waals surface area contributed by atoms with E-state index in [0.29, 0.717) is 16.8 Å². The van der Waals surface area contributed by atoms with Gasteiger partial charge in [-0.05, 0) is 41.5 Å². The van der Waals surface area contributed by atoms with Gasteiger partial charge >= 0.3 is 0 Å². The summed E-state index contributed by atoms with van der Waals surface area (Å²) in [7, 11) is -3.86. The van der Waals surface area contributed by atoms with E-state index in [4.69, 9.17) is 9.56 Å². The summed E-state index contributed by atoms with van der Waals surface area (Å²) in [6, 6.07) is 16.4. The molecular formula is C21H18N2O4S. The van der Waals surface area contributed by atoms with Gasteiger partial charge in [0, 0.05) is 16.6 Å². The van der Waals surface area contributed by atoms with E-state index in [2.05, 4.69) is 5.32 Å². The summed E-state index contributed by atoms with van der Waals surface area (Å²) in [4.78, 5) is 12.6. The first kappa shape index (κ1) is 18.2. The number of aryl methyl sites for hydroxylation is 1. The zero-order chi connectivity index (χ0) is 19.9. The molecule has 0 unspecified atom stereocenters. The number of fused-ring (bicyclic) bond motifs is 3. The highest BCUT2D eigenvalue weighted by Gasteiger charge is 2.16. The van der Waals surface area contributed by atoms with Crippen LogP contribution >= 0.6 is 0 Å². The second-order valence-electron chi connectivity index (χ2n) is 6.67. The van der Waals surface area contributed by atoms with Crippen molar-refractivity contribution < 1.29 is 17.6 Å². The van der Waals surface area contributed by atoms with Crippen LogP contribution in [0.2, 0.25) is 0 Å². The van der Waals surface area contributed by atoms with Crippen LogP contribution in [0.5, 0.6) is 0 Å². The zero-order valence-corrected chi connectivity index (χ0v) is 15.9. The summed E-state index contributed by atoms with van der Waals surface area (Å²) in [5.41, 5.74) is 2.38. The Bertz CT molecular complexity index is 1320. The lowest BCUT2D eigenvalue weighted by atomic mass is 10.0. The van der Waals surface area contributed by atoms with E-state index in [9.17, 15) is 13.2 Å². The Labute approximate surface area is 162 Å². The molecule has 3 aromatic carbocycles. The van der Waals surface area contributed by atoms with Crippen molar-refractivity contribution in [1.29, 1.82) is 0 Å². The second kappa shape index (κ2) is 6.78. The van der Waals surface area contributed by atoms with Gasteiger partial charge in [0.25, 0.3) is 0 Å². The average molecular weight is 394 g/mol. The first-order valence-electron chi connectivity index (χ1n) is 8.64. The molecule has 1 amide bonds. The number of hydrogen-bond acceptors (Lipinski definition) is 4. The summed E-state index contributed by atoms with van der Waals surface area (Å²) in [6.07, 6.45) is 1.68. The monoisotopic (exact) mass is 394 g/mol. The Morgan fingerprint density at radius 3 is 2.68 bits per heavy atom. The maximum absolute atomic E-state index is 12.6. The highest BCUT2D eigenvalue weighted by molar-refractivity contribution is 7.89. The molecular weight excluding hydrogens is 376 g/mol. The van der Waals surface area contributed by atoms with E-state index in [1.807, 2.05) is 36.4 Å². The molecule has 4 rings (SSSR count). The number of rotatable bonds is 4. The van der Waals surface area contributed by atoms with Crippen LogP contribution in [-0.2, 0) is 21.2 Å². The summed E-state index contributed by atoms with van der Waals surface area (Å²) in [5, 5.41) is 10.9. The Morgan fingerprint density at radius 2 is 1.89 bits per heavy atom. The van der Waals surface area contributed by atoms with E-state index in [1.54, 1.807) is 25.3 Å². The summed E-state index contributed by atoms with van der Waals surface area (Å²) in [5.74, 6) is -0.278. The van der Waals surface area contributed by atoms with E-state index in [-0.39, 0.29) is 17.2 Å². The van der Waals surface area contributed by atoms with E-state index in [0.717, 1.165) is 21.7 Å². The van der Waals surface area contributed by atoms with Crippen LogP contribution in [0.15, 0.2) is 70.2 Å². The third-order valence-corrected chi connectivity index (χ3v) is 5.72. The van der Waals surface area contributed by atoms with Gasteiger partial charge < -0.3 is 9.73 Å². The normalized spacial score (nSPS) is 11.8. The first-order valence-corrected chi connectivity index (χ1v) is 10.2. The number of carbonyl (C=O) groups is 1. The molecule has 0 spiro atoms. The molecule has 28 heavy (non-hydrogen) atoms. The molecule has 0 fully saturated rings. The molecule has 0 bridgehead atoms. The molecule has 1 aromatic heterocycles. The minimum atomic E-state index is -3.86. The topological polar surface area (TPSA) is 102 Å². The van der Waals surface area contributed by atoms with Crippen molar-refractivity contribution in [3.05, 3.63) is 72.0 Å². The lowest BCUT2D eigenvalue weighted by Gasteiger charge is -2.09. The van der Waals surface area contributed by atoms with Gasteiger partial charge in [-0.25, -0.2) is 13.6 Å². The molecule has 0 aliphatic heterocycles. The highest BCUT2D eigenvalue weighted by Crippen LogP contribution is 2.30. The van der Waals surface area contributed by atoms with Gasteiger partial charge in [0.2, 0.25) is 15.9 Å². The lowest BCUT2D eigenvalue weighted by Crippen LogP contribution is -2.17. The number of furan rings is 1. The smallest absolute Gasteiger partial charge is 0.238 e. The predicted octanol–water partition coefficient (Wildman–Crippen LogP) is 3.72. The molecule has 0 saturated carbocycles. The maximum atomic E-state index is 12.6. The number of benzene rings is 3. The Kier molecular flexibility index (Phi) is 4.41. The standard InChI is InChI=1S/C21H18N2O4S/c1-13-6-8-16(11-19(13)28(22,25)26)23-20(24)10-15-12-27-18-9-7-14-4-2-3-5-17(14)21(15)18/h2-9,11-12H,10H2,1H3,(H,23,24)(H2,22,25,26). The molecule has 0 saturated heterocycles. The summed E-state index contributed by atoms with van der Waals surface area (Å²) >= 11 is 0. The average Bonchev–Trinajstić information content (AvgIpc) is 3.05. The van der Waals surface area contributed by atoms with Crippen molar-refractivity contribution >= 4 is 43.4 Å². The van der Waals surface area contributed by atoms with Gasteiger partial charge in [-0.15, -0.1) is 0 Å². The fourth-order valence-corrected chi connectivity index (χ4v) is 4.18. The summed E-state index contributed by atoms with van der Waals surface area (Å²) < 4.78 is 29.0. The molecule has 1 heterocycles. The minimum absolute atomic E-state index is 0.00921. The molecule has 0 aliphatic rings. The van der Waals surface area contributed by atoms with E-state index in [1.165, 1.54) is 6.07 Å². The van der Waals surface area contributed by atoms with Gasteiger partial charge in [-0.3, -0.25) is 4.79 Å². The second-order valence-corrected chi connectivity index (χ2v) is 8.20. The number of primary sulfonamides is 1. The van der Waals surface area contributed by atoms with E-state index < -0.39 is 10.0 Å². The molecule has 0 atom stereocenters. The van der Waals surface area contributed by atoms with Gasteiger partial charge in [-0.1, -0.05) is 36.4 Å². The number of anilines is 1. The van der Waals surface area contributed by atoms with Crippen LogP contribution in [0.3, 0.4) is 0 Å². The van der Waals surface area contributed by atoms with Crippen LogP contribution in [0.25, 0.3) is 21.7 Å². The third kappa shape index (κ3) is 3.37. The molecule has 3 N–H and O–H groups in total. The number of carbonyl (C=O) groups excluding carboxylic acids is 1. The number of amides is 1. The number of hydrogen-bond donors (Lipinski definition) is 2. The Hall–Kier alpha value is -3.16. The van der Waals surface area contributed by atoms with Gasteiger partial charge in [0.05, 0.1) is 17.6 Å². The van der Waals surface area contributed by atoms with E-state index >= 15 is 0 Å². The predicted molar refractivity (Wildman–Crippen MR) is 109 cm³/mol. The van der Waals surface area contributed by atoms with Crippen LogP contribution in [0.1, 0.15) is 11.1 Å². The summed E-state index contributed by atoms with van der Waals surface area (Å²) in [6.45, 7) is 1.65. The fourth-order valence-electron chi connectivity index (χ4n) is 3.37. The van der Waals surface area contributed by atoms with Crippen molar-refractivity contribution in [3.8, 4) is 0 Å². The van der Waals surface area contributed by atoms with Gasteiger partial charge in [0.1, 0.15) is 5.58 Å². The first-order chi connectivity index (χ1) is 13.3. The molecule has 0 radical (unpaired) electrons. The molecule has 142 valence electrons. The quantitative estimate of drug-likeness (QED) is 0.550. The van der Waals surface area contributed by atoms with Crippen LogP contribution in [-0.4, -0.2) is 14.3 Å². The molecule has 7 heteroatoms. The molecule has 4 aromatic rings. The van der Waals surface area contributed by atoms with Crippen molar-refractivity contribution in [2.75, 3.05) is 5.32 Å².